The van der Waals surface area contributed by atoms with Gasteiger partial charge in [-0.1, -0.05) is 31.9 Å². The maximum atomic E-state index is 13.1. The van der Waals surface area contributed by atoms with Gasteiger partial charge in [-0.05, 0) is 36.5 Å². The molecule has 1 atom stereocenters. The SMILES string of the molecule is CCC(=O)N1CCN([C@H](C(=O)NCc2ccc(F)cc2)C2CCCC2)CC1. The Morgan fingerprint density at radius 2 is 1.74 bits per heavy atom. The molecule has 27 heavy (non-hydrogen) atoms. The number of piperazine rings is 1. The first-order chi connectivity index (χ1) is 13.1. The predicted molar refractivity (Wildman–Crippen MR) is 102 cm³/mol. The fraction of sp³-hybridized carbons (Fsp3) is 0.619. The van der Waals surface area contributed by atoms with Crippen LogP contribution in [-0.4, -0.2) is 53.8 Å². The smallest absolute Gasteiger partial charge is 0.237 e. The standard InChI is InChI=1S/C21H30FN3O2/c1-2-19(26)24-11-13-25(14-12-24)20(17-5-3-4-6-17)21(27)23-15-16-7-9-18(22)10-8-16/h7-10,17,20H,2-6,11-15H2,1H3,(H,23,27)/t20-/m0/s1. The van der Waals surface area contributed by atoms with Gasteiger partial charge in [0.2, 0.25) is 11.8 Å². The van der Waals surface area contributed by atoms with Gasteiger partial charge in [-0.15, -0.1) is 0 Å². The summed E-state index contributed by atoms with van der Waals surface area (Å²) in [5.74, 6) is 0.356. The molecule has 0 unspecified atom stereocenters. The molecule has 6 heteroatoms. The van der Waals surface area contributed by atoms with Crippen LogP contribution in [0.2, 0.25) is 0 Å². The second kappa shape index (κ2) is 9.31. The zero-order valence-electron chi connectivity index (χ0n) is 16.1. The molecule has 0 bridgehead atoms. The Labute approximate surface area is 160 Å². The highest BCUT2D eigenvalue weighted by Crippen LogP contribution is 2.31. The third-order valence-corrected chi connectivity index (χ3v) is 5.86. The molecule has 148 valence electrons. The molecule has 2 amide bonds. The number of nitrogens with zero attached hydrogens (tertiary/aromatic N) is 2. The lowest BCUT2D eigenvalue weighted by molar-refractivity contribution is -0.135. The second-order valence-corrected chi connectivity index (χ2v) is 7.60. The Hall–Kier alpha value is -1.95. The van der Waals surface area contributed by atoms with E-state index in [1.54, 1.807) is 12.1 Å². The number of carbonyl (C=O) groups is 2. The first kappa shape index (κ1) is 19.8. The number of hydrogen-bond acceptors (Lipinski definition) is 3. The zero-order valence-corrected chi connectivity index (χ0v) is 16.1. The molecular weight excluding hydrogens is 345 g/mol. The Balaban J connectivity index is 1.61. The van der Waals surface area contributed by atoms with Crippen LogP contribution >= 0.6 is 0 Å². The maximum absolute atomic E-state index is 13.1. The molecule has 2 aliphatic rings. The summed E-state index contributed by atoms with van der Waals surface area (Å²) in [4.78, 5) is 29.1. The van der Waals surface area contributed by atoms with Gasteiger partial charge in [0.05, 0.1) is 6.04 Å². The minimum Gasteiger partial charge on any atom is -0.351 e. The van der Waals surface area contributed by atoms with Crippen LogP contribution < -0.4 is 5.32 Å². The van der Waals surface area contributed by atoms with Crippen LogP contribution in [0.25, 0.3) is 0 Å². The quantitative estimate of drug-likeness (QED) is 0.831. The molecule has 1 heterocycles. The molecule has 1 aromatic carbocycles. The minimum absolute atomic E-state index is 0.0569. The van der Waals surface area contributed by atoms with E-state index in [1.807, 2.05) is 11.8 Å². The summed E-state index contributed by atoms with van der Waals surface area (Å²) in [5.41, 5.74) is 0.897. The van der Waals surface area contributed by atoms with Crippen LogP contribution in [0.3, 0.4) is 0 Å². The molecule has 0 aromatic heterocycles. The van der Waals surface area contributed by atoms with Crippen molar-refractivity contribution in [3.8, 4) is 0 Å². The molecule has 5 nitrogen and oxygen atoms in total. The van der Waals surface area contributed by atoms with Gasteiger partial charge in [0, 0.05) is 39.1 Å². The Morgan fingerprint density at radius 1 is 1.11 bits per heavy atom. The fourth-order valence-corrected chi connectivity index (χ4v) is 4.32. The summed E-state index contributed by atoms with van der Waals surface area (Å²) in [6.45, 7) is 5.19. The summed E-state index contributed by atoms with van der Waals surface area (Å²) in [6.07, 6.45) is 5.07. The molecule has 1 saturated heterocycles. The predicted octanol–water partition coefficient (Wildman–Crippen LogP) is 2.55. The average molecular weight is 375 g/mol. The first-order valence-corrected chi connectivity index (χ1v) is 10.1. The number of amides is 2. The van der Waals surface area contributed by atoms with Gasteiger partial charge < -0.3 is 10.2 Å². The van der Waals surface area contributed by atoms with Crippen molar-refractivity contribution in [1.82, 2.24) is 15.1 Å². The van der Waals surface area contributed by atoms with Gasteiger partial charge >= 0.3 is 0 Å². The Kier molecular flexibility index (Phi) is 6.83. The Bertz CT molecular complexity index is 635. The second-order valence-electron chi connectivity index (χ2n) is 7.60. The van der Waals surface area contributed by atoms with Crippen molar-refractivity contribution in [3.05, 3.63) is 35.6 Å². The number of nitrogens with one attached hydrogen (secondary N) is 1. The van der Waals surface area contributed by atoms with Gasteiger partial charge in [0.1, 0.15) is 5.82 Å². The molecule has 1 aliphatic carbocycles. The van der Waals surface area contributed by atoms with Gasteiger partial charge in [-0.2, -0.15) is 0 Å². The van der Waals surface area contributed by atoms with Gasteiger partial charge in [-0.3, -0.25) is 14.5 Å². The molecular formula is C21H30FN3O2. The highest BCUT2D eigenvalue weighted by atomic mass is 19.1. The van der Waals surface area contributed by atoms with Crippen LogP contribution in [-0.2, 0) is 16.1 Å². The average Bonchev–Trinajstić information content (AvgIpc) is 3.22. The third-order valence-electron chi connectivity index (χ3n) is 5.86. The van der Waals surface area contributed by atoms with Gasteiger partial charge in [0.15, 0.2) is 0 Å². The van der Waals surface area contributed by atoms with Crippen molar-refractivity contribution >= 4 is 11.8 Å². The molecule has 1 saturated carbocycles. The molecule has 1 N–H and O–H groups in total. The summed E-state index contributed by atoms with van der Waals surface area (Å²) >= 11 is 0. The molecule has 3 rings (SSSR count). The van der Waals surface area contributed by atoms with E-state index in [9.17, 15) is 14.0 Å². The zero-order chi connectivity index (χ0) is 19.2. The molecule has 0 radical (unpaired) electrons. The largest absolute Gasteiger partial charge is 0.351 e. The van der Waals surface area contributed by atoms with Crippen molar-refractivity contribution in [1.29, 1.82) is 0 Å². The maximum Gasteiger partial charge on any atom is 0.237 e. The van der Waals surface area contributed by atoms with E-state index in [-0.39, 0.29) is 23.7 Å². The van der Waals surface area contributed by atoms with E-state index in [4.69, 9.17) is 0 Å². The third kappa shape index (κ3) is 5.06. The normalized spacial score (nSPS) is 19.9. The summed E-state index contributed by atoms with van der Waals surface area (Å²) < 4.78 is 13.1. The summed E-state index contributed by atoms with van der Waals surface area (Å²) in [7, 11) is 0. The van der Waals surface area contributed by atoms with E-state index in [0.717, 1.165) is 31.5 Å². The topological polar surface area (TPSA) is 52.7 Å². The number of benzene rings is 1. The van der Waals surface area contributed by atoms with Crippen LogP contribution in [0.5, 0.6) is 0 Å². The summed E-state index contributed by atoms with van der Waals surface area (Å²) in [6, 6.07) is 6.11. The minimum atomic E-state index is -0.270. The van der Waals surface area contributed by atoms with Crippen LogP contribution in [0.15, 0.2) is 24.3 Å². The molecule has 1 aliphatic heterocycles. The highest BCUT2D eigenvalue weighted by Gasteiger charge is 2.37. The highest BCUT2D eigenvalue weighted by molar-refractivity contribution is 5.82. The lowest BCUT2D eigenvalue weighted by Crippen LogP contribution is -2.57. The van der Waals surface area contributed by atoms with E-state index in [2.05, 4.69) is 10.2 Å². The van der Waals surface area contributed by atoms with Crippen LogP contribution in [0, 0.1) is 11.7 Å². The number of carbonyl (C=O) groups excluding carboxylic acids is 2. The molecule has 0 spiro atoms. The number of rotatable bonds is 6. The summed E-state index contributed by atoms with van der Waals surface area (Å²) in [5, 5.41) is 3.05. The van der Waals surface area contributed by atoms with Crippen LogP contribution in [0.1, 0.15) is 44.6 Å². The van der Waals surface area contributed by atoms with Crippen LogP contribution in [0.4, 0.5) is 4.39 Å². The number of halogens is 1. The fourth-order valence-electron chi connectivity index (χ4n) is 4.32. The van der Waals surface area contributed by atoms with E-state index in [1.165, 1.54) is 25.0 Å². The van der Waals surface area contributed by atoms with Crippen molar-refractivity contribution in [2.24, 2.45) is 5.92 Å². The van der Waals surface area contributed by atoms with Gasteiger partial charge in [-0.25, -0.2) is 4.39 Å². The van der Waals surface area contributed by atoms with Crippen molar-refractivity contribution < 1.29 is 14.0 Å². The number of hydrogen-bond donors (Lipinski definition) is 1. The first-order valence-electron chi connectivity index (χ1n) is 10.1. The lowest BCUT2D eigenvalue weighted by Gasteiger charge is -2.40. The lowest BCUT2D eigenvalue weighted by atomic mass is 9.95. The Morgan fingerprint density at radius 3 is 2.33 bits per heavy atom. The monoisotopic (exact) mass is 375 g/mol. The van der Waals surface area contributed by atoms with E-state index < -0.39 is 0 Å². The van der Waals surface area contributed by atoms with E-state index in [0.29, 0.717) is 32.0 Å². The van der Waals surface area contributed by atoms with E-state index >= 15 is 0 Å². The van der Waals surface area contributed by atoms with Crippen molar-refractivity contribution in [2.75, 3.05) is 26.2 Å². The van der Waals surface area contributed by atoms with Gasteiger partial charge in [0.25, 0.3) is 0 Å². The molecule has 2 fully saturated rings. The van der Waals surface area contributed by atoms with Crippen molar-refractivity contribution in [3.63, 3.8) is 0 Å². The van der Waals surface area contributed by atoms with Crippen molar-refractivity contribution in [2.45, 2.75) is 51.6 Å². The molecule has 1 aromatic rings.